The van der Waals surface area contributed by atoms with Crippen molar-refractivity contribution in [3.8, 4) is 11.4 Å². The van der Waals surface area contributed by atoms with Crippen LogP contribution in [0.2, 0.25) is 0 Å². The monoisotopic (exact) mass is 366 g/mol. The van der Waals surface area contributed by atoms with Crippen molar-refractivity contribution in [3.63, 3.8) is 0 Å². The van der Waals surface area contributed by atoms with Gasteiger partial charge in [-0.1, -0.05) is 6.92 Å². The highest BCUT2D eigenvalue weighted by molar-refractivity contribution is 5.92. The molecule has 1 aliphatic carbocycles. The highest BCUT2D eigenvalue weighted by Gasteiger charge is 2.37. The van der Waals surface area contributed by atoms with Gasteiger partial charge in [0.2, 0.25) is 0 Å². The lowest BCUT2D eigenvalue weighted by atomic mass is 9.96. The maximum atomic E-state index is 14.5. The number of fused-ring (bicyclic) bond motifs is 1. The molecule has 2 fully saturated rings. The minimum atomic E-state index is -0.157. The van der Waals surface area contributed by atoms with E-state index in [4.69, 9.17) is 0 Å². The minimum absolute atomic E-state index is 0.157. The largest absolute Gasteiger partial charge is 0.354 e. The van der Waals surface area contributed by atoms with E-state index in [1.54, 1.807) is 12.4 Å². The summed E-state index contributed by atoms with van der Waals surface area (Å²) in [7, 11) is 0. The average Bonchev–Trinajstić information content (AvgIpc) is 3.28. The molecule has 1 aliphatic heterocycles. The van der Waals surface area contributed by atoms with Gasteiger partial charge in [0.05, 0.1) is 11.2 Å². The molecule has 6 nitrogen and oxygen atoms in total. The molecule has 2 N–H and O–H groups in total. The second-order valence-electron chi connectivity index (χ2n) is 8.05. The van der Waals surface area contributed by atoms with E-state index in [9.17, 15) is 4.39 Å². The fourth-order valence-electron chi connectivity index (χ4n) is 3.81. The van der Waals surface area contributed by atoms with Crippen LogP contribution >= 0.6 is 0 Å². The lowest BCUT2D eigenvalue weighted by molar-refractivity contribution is 0.535. The number of anilines is 1. The molecule has 0 atom stereocenters. The van der Waals surface area contributed by atoms with Crippen LogP contribution in [-0.2, 0) is 6.42 Å². The first-order valence-corrected chi connectivity index (χ1v) is 9.56. The number of aromatic nitrogens is 4. The Bertz CT molecular complexity index is 987. The summed E-state index contributed by atoms with van der Waals surface area (Å²) in [4.78, 5) is 11.1. The topological polar surface area (TPSA) is 69.7 Å². The Morgan fingerprint density at radius 1 is 1.15 bits per heavy atom. The molecule has 0 radical (unpaired) electrons. The van der Waals surface area contributed by atoms with Gasteiger partial charge in [-0.05, 0) is 42.4 Å². The van der Waals surface area contributed by atoms with Crippen LogP contribution in [0.4, 0.5) is 10.2 Å². The summed E-state index contributed by atoms with van der Waals surface area (Å²) in [5.74, 6) is 0.750. The van der Waals surface area contributed by atoms with E-state index in [0.29, 0.717) is 5.52 Å². The Hall–Kier alpha value is -2.54. The van der Waals surface area contributed by atoms with Gasteiger partial charge >= 0.3 is 0 Å². The number of nitrogens with one attached hydrogen (secondary N) is 2. The standard InChI is InChI=1S/C20H23FN6/c1-20(2-3-20)11-13-8-14-16(9-15(13)21)25-26-19(14)17-10-18(24-12-23-17)27-6-4-22-5-7-27/h8-10,12,22H,2-7,11H2,1H3,(H,25,26). The second kappa shape index (κ2) is 6.27. The highest BCUT2D eigenvalue weighted by Crippen LogP contribution is 2.48. The molecule has 0 bridgehead atoms. The first-order chi connectivity index (χ1) is 13.1. The summed E-state index contributed by atoms with van der Waals surface area (Å²) >= 11 is 0. The van der Waals surface area contributed by atoms with Crippen LogP contribution in [0.5, 0.6) is 0 Å². The molecular formula is C20H23FN6. The van der Waals surface area contributed by atoms with Crippen molar-refractivity contribution in [2.45, 2.75) is 26.2 Å². The number of nitrogens with zero attached hydrogens (tertiary/aromatic N) is 4. The lowest BCUT2D eigenvalue weighted by Gasteiger charge is -2.28. The van der Waals surface area contributed by atoms with E-state index in [1.807, 2.05) is 12.1 Å². The van der Waals surface area contributed by atoms with E-state index in [1.165, 1.54) is 12.8 Å². The first kappa shape index (κ1) is 16.6. The molecule has 2 aromatic heterocycles. The van der Waals surface area contributed by atoms with Crippen molar-refractivity contribution in [3.05, 3.63) is 35.9 Å². The molecule has 27 heavy (non-hydrogen) atoms. The van der Waals surface area contributed by atoms with E-state index < -0.39 is 0 Å². The SMILES string of the molecule is CC1(Cc2cc3c(-c4cc(N5CCNCC5)ncn4)n[nH]c3cc2F)CC1. The Morgan fingerprint density at radius 3 is 2.74 bits per heavy atom. The van der Waals surface area contributed by atoms with Gasteiger partial charge < -0.3 is 10.2 Å². The summed E-state index contributed by atoms with van der Waals surface area (Å²) in [6.45, 7) is 5.96. The van der Waals surface area contributed by atoms with Crippen LogP contribution in [0.15, 0.2) is 24.5 Å². The minimum Gasteiger partial charge on any atom is -0.354 e. The predicted octanol–water partition coefficient (Wildman–Crippen LogP) is 2.91. The number of rotatable bonds is 4. The smallest absolute Gasteiger partial charge is 0.132 e. The molecule has 0 spiro atoms. The van der Waals surface area contributed by atoms with Gasteiger partial charge in [-0.3, -0.25) is 5.10 Å². The van der Waals surface area contributed by atoms with E-state index >= 15 is 0 Å². The van der Waals surface area contributed by atoms with Gasteiger partial charge in [0, 0.05) is 37.6 Å². The third kappa shape index (κ3) is 3.16. The number of hydrogen-bond donors (Lipinski definition) is 2. The maximum Gasteiger partial charge on any atom is 0.132 e. The fraction of sp³-hybridized carbons (Fsp3) is 0.450. The molecule has 1 saturated carbocycles. The first-order valence-electron chi connectivity index (χ1n) is 9.56. The number of halogens is 1. The summed E-state index contributed by atoms with van der Waals surface area (Å²) in [5, 5.41) is 11.7. The second-order valence-corrected chi connectivity index (χ2v) is 8.05. The van der Waals surface area contributed by atoms with Crippen LogP contribution < -0.4 is 10.2 Å². The Balaban J connectivity index is 1.53. The molecule has 1 saturated heterocycles. The van der Waals surface area contributed by atoms with Crippen molar-refractivity contribution in [2.24, 2.45) is 5.41 Å². The maximum absolute atomic E-state index is 14.5. The van der Waals surface area contributed by atoms with Crippen LogP contribution in [0.3, 0.4) is 0 Å². The average molecular weight is 366 g/mol. The summed E-state index contributed by atoms with van der Waals surface area (Å²) in [5.41, 5.74) is 3.24. The zero-order chi connectivity index (χ0) is 18.4. The van der Waals surface area contributed by atoms with Crippen LogP contribution in [0.25, 0.3) is 22.3 Å². The fourth-order valence-corrected chi connectivity index (χ4v) is 3.81. The van der Waals surface area contributed by atoms with Crippen LogP contribution in [0.1, 0.15) is 25.3 Å². The number of benzene rings is 1. The molecule has 2 aliphatic rings. The molecule has 1 aromatic carbocycles. The van der Waals surface area contributed by atoms with Gasteiger partial charge in [0.25, 0.3) is 0 Å². The quantitative estimate of drug-likeness (QED) is 0.743. The Labute approximate surface area is 157 Å². The number of piperazine rings is 1. The third-order valence-corrected chi connectivity index (χ3v) is 5.79. The number of H-pyrrole nitrogens is 1. The van der Waals surface area contributed by atoms with E-state index in [2.05, 4.69) is 37.3 Å². The zero-order valence-corrected chi connectivity index (χ0v) is 15.4. The lowest BCUT2D eigenvalue weighted by Crippen LogP contribution is -2.43. The summed E-state index contributed by atoms with van der Waals surface area (Å²) in [6, 6.07) is 5.48. The van der Waals surface area contributed by atoms with Crippen molar-refractivity contribution in [1.29, 1.82) is 0 Å². The number of aromatic amines is 1. The van der Waals surface area contributed by atoms with Crippen molar-refractivity contribution < 1.29 is 4.39 Å². The number of hydrogen-bond acceptors (Lipinski definition) is 5. The molecule has 0 unspecified atom stereocenters. The molecule has 3 heterocycles. The van der Waals surface area contributed by atoms with Crippen molar-refractivity contribution in [2.75, 3.05) is 31.1 Å². The van der Waals surface area contributed by atoms with Gasteiger partial charge in [-0.2, -0.15) is 5.10 Å². The Kier molecular flexibility index (Phi) is 3.86. The predicted molar refractivity (Wildman–Crippen MR) is 103 cm³/mol. The van der Waals surface area contributed by atoms with Crippen LogP contribution in [-0.4, -0.2) is 46.3 Å². The molecule has 5 rings (SSSR count). The van der Waals surface area contributed by atoms with E-state index in [-0.39, 0.29) is 11.2 Å². The van der Waals surface area contributed by atoms with Gasteiger partial charge in [-0.25, -0.2) is 14.4 Å². The van der Waals surface area contributed by atoms with E-state index in [0.717, 1.165) is 60.8 Å². The Morgan fingerprint density at radius 2 is 1.96 bits per heavy atom. The molecule has 140 valence electrons. The van der Waals surface area contributed by atoms with Gasteiger partial charge in [-0.15, -0.1) is 0 Å². The molecule has 0 amide bonds. The normalized spacial score (nSPS) is 18.8. The van der Waals surface area contributed by atoms with Gasteiger partial charge in [0.1, 0.15) is 23.7 Å². The molecule has 3 aromatic rings. The third-order valence-electron chi connectivity index (χ3n) is 5.79. The van der Waals surface area contributed by atoms with Crippen LogP contribution in [0, 0.1) is 11.2 Å². The van der Waals surface area contributed by atoms with Crippen molar-refractivity contribution in [1.82, 2.24) is 25.5 Å². The highest BCUT2D eigenvalue weighted by atomic mass is 19.1. The summed E-state index contributed by atoms with van der Waals surface area (Å²) < 4.78 is 14.5. The molecule has 7 heteroatoms. The summed E-state index contributed by atoms with van der Waals surface area (Å²) in [6.07, 6.45) is 4.70. The molecular weight excluding hydrogens is 343 g/mol. The zero-order valence-electron chi connectivity index (χ0n) is 15.4. The van der Waals surface area contributed by atoms with Crippen molar-refractivity contribution >= 4 is 16.7 Å². The van der Waals surface area contributed by atoms with Gasteiger partial charge in [0.15, 0.2) is 0 Å².